The summed E-state index contributed by atoms with van der Waals surface area (Å²) >= 11 is 16.6. The molecule has 1 nitrogen and oxygen atoms in total. The molecule has 0 unspecified atom stereocenters. The van der Waals surface area contributed by atoms with Gasteiger partial charge >= 0.3 is 74.0 Å². The summed E-state index contributed by atoms with van der Waals surface area (Å²) in [5.74, 6) is 0. The average molecular weight is 249 g/mol. The molecule has 1 aromatic rings. The fraction of sp³-hybridized carbons (Fsp3) is 0.250. The summed E-state index contributed by atoms with van der Waals surface area (Å²) in [4.78, 5) is 1.91. The summed E-state index contributed by atoms with van der Waals surface area (Å²) in [7, 11) is 0. The van der Waals surface area contributed by atoms with Gasteiger partial charge in [-0.15, -0.1) is 0 Å². The van der Waals surface area contributed by atoms with E-state index >= 15 is 0 Å². The topological polar surface area (TPSA) is 12.9 Å². The van der Waals surface area contributed by atoms with Crippen LogP contribution in [-0.2, 0) is 3.79 Å². The standard InChI is InChI=1S/C4H2Cl3NSe/c5-4(6,7)3-1-2-9-8-3/h1-2H. The van der Waals surface area contributed by atoms with E-state index in [0.717, 1.165) is 0 Å². The van der Waals surface area contributed by atoms with Crippen LogP contribution >= 0.6 is 34.8 Å². The van der Waals surface area contributed by atoms with Gasteiger partial charge in [-0.2, -0.15) is 0 Å². The van der Waals surface area contributed by atoms with Gasteiger partial charge in [0.2, 0.25) is 0 Å². The summed E-state index contributed by atoms with van der Waals surface area (Å²) in [6.45, 7) is 0. The van der Waals surface area contributed by atoms with Gasteiger partial charge in [-0.25, -0.2) is 0 Å². The van der Waals surface area contributed by atoms with Crippen molar-refractivity contribution in [1.29, 1.82) is 0 Å². The van der Waals surface area contributed by atoms with Gasteiger partial charge in [-0.1, -0.05) is 0 Å². The van der Waals surface area contributed by atoms with Crippen molar-refractivity contribution < 1.29 is 0 Å². The van der Waals surface area contributed by atoms with E-state index in [1.165, 1.54) is 0 Å². The molecule has 0 saturated heterocycles. The number of halogens is 3. The van der Waals surface area contributed by atoms with Crippen molar-refractivity contribution in [3.63, 3.8) is 0 Å². The second-order valence-electron chi connectivity index (χ2n) is 1.38. The molecule has 0 saturated carbocycles. The van der Waals surface area contributed by atoms with E-state index in [4.69, 9.17) is 34.8 Å². The van der Waals surface area contributed by atoms with E-state index < -0.39 is 3.79 Å². The Morgan fingerprint density at radius 1 is 1.44 bits per heavy atom. The third-order valence-electron chi connectivity index (χ3n) is 0.728. The first-order chi connectivity index (χ1) is 4.11. The molecule has 0 fully saturated rings. The third-order valence-corrected chi connectivity index (χ3v) is 2.48. The van der Waals surface area contributed by atoms with Crippen molar-refractivity contribution in [2.75, 3.05) is 0 Å². The van der Waals surface area contributed by atoms with E-state index in [0.29, 0.717) is 5.69 Å². The number of rotatable bonds is 0. The molecule has 5 heteroatoms. The van der Waals surface area contributed by atoms with Gasteiger partial charge in [0.1, 0.15) is 0 Å². The first-order valence-corrected chi connectivity index (χ1v) is 4.97. The predicted octanol–water partition coefficient (Wildman–Crippen LogP) is 1.97. The average Bonchev–Trinajstić information content (AvgIpc) is 2.08. The van der Waals surface area contributed by atoms with Crippen LogP contribution in [-0.4, -0.2) is 18.7 Å². The SMILES string of the molecule is ClC(Cl)(Cl)c1cc[se]n1. The Labute approximate surface area is 73.9 Å². The van der Waals surface area contributed by atoms with E-state index in [9.17, 15) is 0 Å². The molecule has 0 spiro atoms. The van der Waals surface area contributed by atoms with Gasteiger partial charge in [0, 0.05) is 0 Å². The molecule has 0 aliphatic heterocycles. The third kappa shape index (κ3) is 2.14. The van der Waals surface area contributed by atoms with E-state index in [1.54, 1.807) is 6.07 Å². The maximum absolute atomic E-state index is 5.50. The molecule has 0 radical (unpaired) electrons. The molecular formula is C4H2Cl3NSe. The van der Waals surface area contributed by atoms with Crippen LogP contribution in [0.15, 0.2) is 11.0 Å². The zero-order chi connectivity index (χ0) is 6.91. The molecule has 0 amide bonds. The van der Waals surface area contributed by atoms with E-state index in [-0.39, 0.29) is 14.7 Å². The van der Waals surface area contributed by atoms with Crippen LogP contribution < -0.4 is 0 Å². The van der Waals surface area contributed by atoms with Crippen molar-refractivity contribution in [3.8, 4) is 0 Å². The zero-order valence-corrected chi connectivity index (χ0v) is 8.12. The number of aromatic nitrogens is 1. The number of alkyl halides is 3. The molecule has 0 atom stereocenters. The molecule has 50 valence electrons. The van der Waals surface area contributed by atoms with Crippen LogP contribution in [0.3, 0.4) is 0 Å². The van der Waals surface area contributed by atoms with E-state index in [1.807, 2.05) is 4.94 Å². The maximum atomic E-state index is 5.50. The quantitative estimate of drug-likeness (QED) is 0.506. The second-order valence-corrected chi connectivity index (χ2v) is 5.06. The molecule has 1 aromatic heterocycles. The number of nitrogens with zero attached hydrogens (tertiary/aromatic N) is 1. The Kier molecular flexibility index (Phi) is 2.47. The zero-order valence-electron chi connectivity index (χ0n) is 4.14. The first kappa shape index (κ1) is 7.90. The minimum atomic E-state index is -1.32. The van der Waals surface area contributed by atoms with Crippen molar-refractivity contribution >= 4 is 49.5 Å². The van der Waals surface area contributed by atoms with E-state index in [2.05, 4.69) is 3.98 Å². The molecular weight excluding hydrogens is 247 g/mol. The van der Waals surface area contributed by atoms with Crippen molar-refractivity contribution in [3.05, 3.63) is 16.7 Å². The number of hydrogen-bond donors (Lipinski definition) is 0. The van der Waals surface area contributed by atoms with Gasteiger partial charge in [-0.05, 0) is 0 Å². The van der Waals surface area contributed by atoms with Gasteiger partial charge in [0.15, 0.2) is 0 Å². The summed E-state index contributed by atoms with van der Waals surface area (Å²) in [6.07, 6.45) is 0. The van der Waals surface area contributed by atoms with Gasteiger partial charge in [0.05, 0.1) is 0 Å². The predicted molar refractivity (Wildman–Crippen MR) is 40.4 cm³/mol. The van der Waals surface area contributed by atoms with Gasteiger partial charge in [-0.3, -0.25) is 0 Å². The molecule has 1 heterocycles. The summed E-state index contributed by atoms with van der Waals surface area (Å²) in [6, 6.07) is 1.74. The van der Waals surface area contributed by atoms with Crippen LogP contribution in [0.4, 0.5) is 0 Å². The molecule has 0 N–H and O–H groups in total. The first-order valence-electron chi connectivity index (χ1n) is 2.08. The Bertz CT molecular complexity index is 178. The minimum absolute atomic E-state index is 0.152. The van der Waals surface area contributed by atoms with Crippen molar-refractivity contribution in [2.45, 2.75) is 3.79 Å². The molecule has 9 heavy (non-hydrogen) atoms. The van der Waals surface area contributed by atoms with Crippen LogP contribution in [0.25, 0.3) is 0 Å². The van der Waals surface area contributed by atoms with Crippen LogP contribution in [0.5, 0.6) is 0 Å². The van der Waals surface area contributed by atoms with Crippen molar-refractivity contribution in [2.24, 2.45) is 0 Å². The second kappa shape index (κ2) is 2.81. The molecule has 0 aromatic carbocycles. The van der Waals surface area contributed by atoms with Crippen molar-refractivity contribution in [1.82, 2.24) is 3.98 Å². The van der Waals surface area contributed by atoms with Gasteiger partial charge < -0.3 is 0 Å². The monoisotopic (exact) mass is 249 g/mol. The number of hydrogen-bond acceptors (Lipinski definition) is 1. The summed E-state index contributed by atoms with van der Waals surface area (Å²) < 4.78 is 2.65. The summed E-state index contributed by atoms with van der Waals surface area (Å²) in [5, 5.41) is 0. The Hall–Kier alpha value is 0.799. The molecule has 0 aliphatic carbocycles. The molecule has 0 aliphatic rings. The Balaban J connectivity index is 2.90. The Morgan fingerprint density at radius 2 is 2.11 bits per heavy atom. The molecule has 1 rings (SSSR count). The van der Waals surface area contributed by atoms with Gasteiger partial charge in [0.25, 0.3) is 0 Å². The fourth-order valence-corrected chi connectivity index (χ4v) is 2.19. The summed E-state index contributed by atoms with van der Waals surface area (Å²) in [5.41, 5.74) is 0.549. The molecule has 0 bridgehead atoms. The normalized spacial score (nSPS) is 11.9. The Morgan fingerprint density at radius 3 is 2.33 bits per heavy atom. The van der Waals surface area contributed by atoms with Crippen LogP contribution in [0, 0.1) is 0 Å². The van der Waals surface area contributed by atoms with Crippen LogP contribution in [0.2, 0.25) is 0 Å². The van der Waals surface area contributed by atoms with Crippen LogP contribution in [0.1, 0.15) is 5.69 Å². The fourth-order valence-electron chi connectivity index (χ4n) is 0.359.